The molecule has 0 bridgehead atoms. The predicted octanol–water partition coefficient (Wildman–Crippen LogP) is 5.68. The quantitative estimate of drug-likeness (QED) is 0.343. The van der Waals surface area contributed by atoms with Crippen molar-refractivity contribution < 1.29 is 8.85 Å². The lowest BCUT2D eigenvalue weighted by Crippen LogP contribution is -2.48. The molecule has 0 spiro atoms. The van der Waals surface area contributed by atoms with E-state index in [-0.39, 0.29) is 0 Å². The predicted molar refractivity (Wildman–Crippen MR) is 104 cm³/mol. The van der Waals surface area contributed by atoms with Crippen molar-refractivity contribution in [3.63, 3.8) is 0 Å². The maximum atomic E-state index is 6.69. The van der Waals surface area contributed by atoms with E-state index in [0.29, 0.717) is 0 Å². The van der Waals surface area contributed by atoms with Gasteiger partial charge in [-0.3, -0.25) is 0 Å². The molecular weight excluding hydrogens is 316 g/mol. The third-order valence-electron chi connectivity index (χ3n) is 3.95. The Labute approximate surface area is 142 Å². The Morgan fingerprint density at radius 2 is 1.48 bits per heavy atom. The average molecular weight is 345 g/mol. The summed E-state index contributed by atoms with van der Waals surface area (Å²) in [7, 11) is -3.86. The van der Waals surface area contributed by atoms with Crippen LogP contribution in [0.2, 0.25) is 38.3 Å². The van der Waals surface area contributed by atoms with Gasteiger partial charge in [-0.15, -0.1) is 13.2 Å². The second kappa shape index (κ2) is 6.73. The van der Waals surface area contributed by atoms with E-state index in [1.807, 2.05) is 12.2 Å². The van der Waals surface area contributed by atoms with Crippen LogP contribution in [0.4, 0.5) is 0 Å². The second-order valence-electron chi connectivity index (χ2n) is 7.30. The minimum Gasteiger partial charge on any atom is -0.384 e. The maximum absolute atomic E-state index is 6.69. The van der Waals surface area contributed by atoms with Gasteiger partial charge >= 0.3 is 0 Å². The summed E-state index contributed by atoms with van der Waals surface area (Å²) < 4.78 is 13.4. The van der Waals surface area contributed by atoms with Crippen molar-refractivity contribution in [1.82, 2.24) is 0 Å². The third-order valence-corrected chi connectivity index (χ3v) is 8.20. The molecule has 0 N–H and O–H groups in total. The lowest BCUT2D eigenvalue weighted by molar-refractivity contribution is -0.0897. The highest BCUT2D eigenvalue weighted by Gasteiger charge is 2.45. The first-order valence-electron chi connectivity index (χ1n) is 8.14. The molecule has 1 aromatic carbocycles. The van der Waals surface area contributed by atoms with Crippen LogP contribution in [-0.4, -0.2) is 16.6 Å². The molecule has 0 heterocycles. The van der Waals surface area contributed by atoms with E-state index in [1.165, 1.54) is 5.56 Å². The summed E-state index contributed by atoms with van der Waals surface area (Å²) in [6, 6.07) is 10.1. The number of hydrogen-bond donors (Lipinski definition) is 0. The van der Waals surface area contributed by atoms with Crippen LogP contribution in [-0.2, 0) is 14.6 Å². The highest BCUT2D eigenvalue weighted by Crippen LogP contribution is 2.43. The van der Waals surface area contributed by atoms with Gasteiger partial charge in [0, 0.05) is 5.56 Å². The van der Waals surface area contributed by atoms with E-state index in [0.717, 1.165) is 17.7 Å². The summed E-state index contributed by atoms with van der Waals surface area (Å²) >= 11 is 0. The smallest absolute Gasteiger partial charge is 0.197 e. The number of allylic oxidation sites excluding steroid dienone is 2. The van der Waals surface area contributed by atoms with Crippen molar-refractivity contribution in [3.8, 4) is 0 Å². The molecule has 0 amide bonds. The Morgan fingerprint density at radius 1 is 0.957 bits per heavy atom. The zero-order chi connectivity index (χ0) is 17.1. The van der Waals surface area contributed by atoms with E-state index in [9.17, 15) is 0 Å². The third kappa shape index (κ3) is 4.20. The Morgan fingerprint density at radius 3 is 2.00 bits per heavy atom. The lowest BCUT2D eigenvalue weighted by Gasteiger charge is -2.41. The van der Waals surface area contributed by atoms with Gasteiger partial charge in [0.15, 0.2) is 22.4 Å². The zero-order valence-electron chi connectivity index (χ0n) is 14.8. The molecule has 1 aromatic rings. The van der Waals surface area contributed by atoms with Gasteiger partial charge in [0.05, 0.1) is 0 Å². The standard InChI is InChI=1S/C19H28O2Si2/c1-7-15-22(3,4)20-19(21-23(5,6)16-8-2)14-13-17-11-9-10-12-18(17)19/h7-14H,1-2,15-16H2,3-6H3. The Balaban J connectivity index is 2.43. The molecule has 2 rings (SSSR count). The molecular formula is C19H28O2Si2. The summed E-state index contributed by atoms with van der Waals surface area (Å²) in [5, 5.41) is 0. The first-order valence-corrected chi connectivity index (χ1v) is 14.4. The van der Waals surface area contributed by atoms with E-state index in [2.05, 4.69) is 75.8 Å². The van der Waals surface area contributed by atoms with Gasteiger partial charge in [0.2, 0.25) is 0 Å². The Bertz CT molecular complexity index is 594. The molecule has 124 valence electrons. The van der Waals surface area contributed by atoms with Crippen molar-refractivity contribution in [2.75, 3.05) is 0 Å². The zero-order valence-corrected chi connectivity index (χ0v) is 16.8. The fourth-order valence-electron chi connectivity index (χ4n) is 3.05. The first-order chi connectivity index (χ1) is 10.7. The van der Waals surface area contributed by atoms with Gasteiger partial charge in [-0.25, -0.2) is 0 Å². The van der Waals surface area contributed by atoms with Crippen molar-refractivity contribution in [3.05, 3.63) is 66.8 Å². The maximum Gasteiger partial charge on any atom is 0.197 e. The van der Waals surface area contributed by atoms with E-state index in [4.69, 9.17) is 8.85 Å². The van der Waals surface area contributed by atoms with Gasteiger partial charge in [0.25, 0.3) is 0 Å². The van der Waals surface area contributed by atoms with Crippen LogP contribution in [0.5, 0.6) is 0 Å². The normalized spacial score (nSPS) is 16.2. The lowest BCUT2D eigenvalue weighted by atomic mass is 10.1. The fraction of sp³-hybridized carbons (Fsp3) is 0.368. The van der Waals surface area contributed by atoms with Crippen LogP contribution in [0, 0.1) is 0 Å². The second-order valence-corrected chi connectivity index (χ2v) is 15.6. The number of hydrogen-bond acceptors (Lipinski definition) is 2. The molecule has 4 heteroatoms. The summed E-state index contributed by atoms with van der Waals surface area (Å²) in [5.41, 5.74) is 2.30. The molecule has 0 atom stereocenters. The van der Waals surface area contributed by atoms with Crippen molar-refractivity contribution in [2.45, 2.75) is 44.1 Å². The van der Waals surface area contributed by atoms with Gasteiger partial charge < -0.3 is 8.85 Å². The van der Waals surface area contributed by atoms with Crippen LogP contribution in [0.1, 0.15) is 11.1 Å². The molecule has 0 aliphatic heterocycles. The number of benzene rings is 1. The largest absolute Gasteiger partial charge is 0.384 e. The van der Waals surface area contributed by atoms with Crippen molar-refractivity contribution in [1.29, 1.82) is 0 Å². The molecule has 0 radical (unpaired) electrons. The molecule has 0 saturated heterocycles. The van der Waals surface area contributed by atoms with Crippen LogP contribution in [0.25, 0.3) is 6.08 Å². The topological polar surface area (TPSA) is 18.5 Å². The highest BCUT2D eigenvalue weighted by molar-refractivity contribution is 6.72. The molecule has 2 nitrogen and oxygen atoms in total. The summed E-state index contributed by atoms with van der Waals surface area (Å²) in [6.07, 6.45) is 8.12. The van der Waals surface area contributed by atoms with Gasteiger partial charge in [0.1, 0.15) is 0 Å². The average Bonchev–Trinajstić information content (AvgIpc) is 2.76. The summed E-state index contributed by atoms with van der Waals surface area (Å²) in [5.74, 6) is -0.756. The fourth-order valence-corrected chi connectivity index (χ4v) is 6.77. The molecule has 1 aliphatic carbocycles. The van der Waals surface area contributed by atoms with Crippen LogP contribution < -0.4 is 0 Å². The minimum absolute atomic E-state index is 0.756. The molecule has 1 aliphatic rings. The summed E-state index contributed by atoms with van der Waals surface area (Å²) in [6.45, 7) is 16.6. The SMILES string of the molecule is C=CC[Si](C)(C)OC1(O[Si](C)(C)CC=C)C=Cc2ccccc21. The number of fused-ring (bicyclic) bond motifs is 1. The van der Waals surface area contributed by atoms with Crippen molar-refractivity contribution >= 4 is 22.7 Å². The van der Waals surface area contributed by atoms with Gasteiger partial charge in [-0.05, 0) is 49.9 Å². The molecule has 0 saturated carbocycles. The monoisotopic (exact) mass is 344 g/mol. The Kier molecular flexibility index (Phi) is 5.31. The highest BCUT2D eigenvalue weighted by atomic mass is 28.4. The first kappa shape index (κ1) is 18.1. The van der Waals surface area contributed by atoms with E-state index >= 15 is 0 Å². The van der Waals surface area contributed by atoms with Crippen LogP contribution in [0.3, 0.4) is 0 Å². The van der Waals surface area contributed by atoms with Crippen LogP contribution >= 0.6 is 0 Å². The molecule has 0 aromatic heterocycles. The van der Waals surface area contributed by atoms with E-state index in [1.54, 1.807) is 0 Å². The minimum atomic E-state index is -1.93. The number of rotatable bonds is 8. The summed E-state index contributed by atoms with van der Waals surface area (Å²) in [4.78, 5) is 0. The van der Waals surface area contributed by atoms with Crippen LogP contribution in [0.15, 0.2) is 55.7 Å². The Hall–Kier alpha value is -1.21. The van der Waals surface area contributed by atoms with E-state index < -0.39 is 22.4 Å². The molecule has 0 unspecified atom stereocenters. The molecule has 23 heavy (non-hydrogen) atoms. The van der Waals surface area contributed by atoms with Gasteiger partial charge in [-0.1, -0.05) is 42.5 Å². The van der Waals surface area contributed by atoms with Gasteiger partial charge in [-0.2, -0.15) is 0 Å². The molecule has 0 fully saturated rings. The van der Waals surface area contributed by atoms with Crippen molar-refractivity contribution in [2.24, 2.45) is 0 Å².